The highest BCUT2D eigenvalue weighted by Crippen LogP contribution is 1.75. The summed E-state index contributed by atoms with van der Waals surface area (Å²) in [6, 6.07) is 0. The molecule has 6 N–H and O–H groups in total. The van der Waals surface area contributed by atoms with E-state index < -0.39 is 0 Å². The standard InChI is InChI=1S/C3H7N3S/c4-1-2(5)3(6)7/h1H,4-5H2,(H2,6,7). The summed E-state index contributed by atoms with van der Waals surface area (Å²) < 4.78 is 0. The van der Waals surface area contributed by atoms with Crippen molar-refractivity contribution in [2.24, 2.45) is 17.2 Å². The molecule has 0 atom stereocenters. The predicted molar refractivity (Wildman–Crippen MR) is 33.2 cm³/mol. The van der Waals surface area contributed by atoms with Crippen molar-refractivity contribution in [1.29, 1.82) is 0 Å². The summed E-state index contributed by atoms with van der Waals surface area (Å²) in [4.78, 5) is 0.141. The first kappa shape index (κ1) is 6.23. The SMILES string of the molecule is NC=C(N)C(N)=S. The van der Waals surface area contributed by atoms with Crippen molar-refractivity contribution in [3.05, 3.63) is 11.9 Å². The normalized spacial score (nSPS) is 11.1. The molecule has 0 heterocycles. The van der Waals surface area contributed by atoms with Gasteiger partial charge < -0.3 is 17.2 Å². The van der Waals surface area contributed by atoms with Crippen LogP contribution in [-0.4, -0.2) is 4.99 Å². The van der Waals surface area contributed by atoms with Gasteiger partial charge in [0.15, 0.2) is 0 Å². The topological polar surface area (TPSA) is 78.1 Å². The molecule has 0 unspecified atom stereocenters. The molecule has 7 heavy (non-hydrogen) atoms. The van der Waals surface area contributed by atoms with Gasteiger partial charge in [0.1, 0.15) is 4.99 Å². The van der Waals surface area contributed by atoms with Crippen LogP contribution in [-0.2, 0) is 0 Å². The molecule has 0 aliphatic carbocycles. The lowest BCUT2D eigenvalue weighted by molar-refractivity contribution is 1.40. The van der Waals surface area contributed by atoms with E-state index in [1.165, 1.54) is 6.20 Å². The molecule has 0 radical (unpaired) electrons. The van der Waals surface area contributed by atoms with Gasteiger partial charge in [-0.25, -0.2) is 0 Å². The Balaban J connectivity index is 3.82. The van der Waals surface area contributed by atoms with Gasteiger partial charge in [0.2, 0.25) is 0 Å². The number of rotatable bonds is 1. The van der Waals surface area contributed by atoms with Crippen molar-refractivity contribution in [2.45, 2.75) is 0 Å². The second kappa shape index (κ2) is 2.41. The molecule has 0 aromatic rings. The van der Waals surface area contributed by atoms with E-state index in [1.807, 2.05) is 0 Å². The Bertz CT molecular complexity index is 107. The van der Waals surface area contributed by atoms with E-state index in [1.54, 1.807) is 0 Å². The van der Waals surface area contributed by atoms with Gasteiger partial charge in [-0.15, -0.1) is 0 Å². The van der Waals surface area contributed by atoms with Gasteiger partial charge >= 0.3 is 0 Å². The van der Waals surface area contributed by atoms with Crippen molar-refractivity contribution in [1.82, 2.24) is 0 Å². The minimum atomic E-state index is 0.141. The Morgan fingerprint density at radius 1 is 1.43 bits per heavy atom. The highest BCUT2D eigenvalue weighted by atomic mass is 32.1. The third-order valence-electron chi connectivity index (χ3n) is 0.464. The second-order valence-electron chi connectivity index (χ2n) is 0.986. The van der Waals surface area contributed by atoms with E-state index in [2.05, 4.69) is 12.2 Å². The molecular formula is C3H7N3S. The molecule has 0 rings (SSSR count). The van der Waals surface area contributed by atoms with Gasteiger partial charge in [-0.3, -0.25) is 0 Å². The van der Waals surface area contributed by atoms with Crippen LogP contribution in [0.5, 0.6) is 0 Å². The Morgan fingerprint density at radius 2 is 1.86 bits per heavy atom. The fourth-order valence-corrected chi connectivity index (χ4v) is 0.150. The number of hydrogen-bond acceptors (Lipinski definition) is 3. The fraction of sp³-hybridized carbons (Fsp3) is 0. The van der Waals surface area contributed by atoms with Gasteiger partial charge in [-0.05, 0) is 0 Å². The molecule has 4 heteroatoms. The fourth-order valence-electron chi connectivity index (χ4n) is 0.0821. The monoisotopic (exact) mass is 117 g/mol. The van der Waals surface area contributed by atoms with Crippen LogP contribution >= 0.6 is 12.2 Å². The molecule has 40 valence electrons. The molecule has 3 nitrogen and oxygen atoms in total. The molecule has 0 bridgehead atoms. The van der Waals surface area contributed by atoms with Crippen molar-refractivity contribution >= 4 is 17.2 Å². The van der Waals surface area contributed by atoms with Crippen molar-refractivity contribution in [3.8, 4) is 0 Å². The summed E-state index contributed by atoms with van der Waals surface area (Å²) in [7, 11) is 0. The maximum atomic E-state index is 5.09. The van der Waals surface area contributed by atoms with Crippen molar-refractivity contribution in [3.63, 3.8) is 0 Å². The highest BCUT2D eigenvalue weighted by Gasteiger charge is 1.86. The molecule has 0 saturated heterocycles. The highest BCUT2D eigenvalue weighted by molar-refractivity contribution is 7.80. The van der Waals surface area contributed by atoms with Gasteiger partial charge in [-0.2, -0.15) is 0 Å². The van der Waals surface area contributed by atoms with E-state index in [-0.39, 0.29) is 10.7 Å². The van der Waals surface area contributed by atoms with E-state index in [0.29, 0.717) is 0 Å². The minimum Gasteiger partial charge on any atom is -0.403 e. The lowest BCUT2D eigenvalue weighted by Crippen LogP contribution is -2.18. The summed E-state index contributed by atoms with van der Waals surface area (Å²) in [5.41, 5.74) is 15.3. The Morgan fingerprint density at radius 3 is 1.86 bits per heavy atom. The number of hydrogen-bond donors (Lipinski definition) is 3. The number of nitrogens with two attached hydrogens (primary N) is 3. The molecule has 0 saturated carbocycles. The average Bonchev–Trinajstić information content (AvgIpc) is 1.65. The van der Waals surface area contributed by atoms with E-state index in [4.69, 9.17) is 17.2 Å². The second-order valence-corrected chi connectivity index (χ2v) is 1.43. The maximum absolute atomic E-state index is 5.09. The molecule has 0 amide bonds. The van der Waals surface area contributed by atoms with Crippen LogP contribution in [0.3, 0.4) is 0 Å². The third kappa shape index (κ3) is 1.99. The van der Waals surface area contributed by atoms with Crippen LogP contribution < -0.4 is 17.2 Å². The van der Waals surface area contributed by atoms with Crippen LogP contribution in [0.15, 0.2) is 11.9 Å². The van der Waals surface area contributed by atoms with Crippen LogP contribution in [0.25, 0.3) is 0 Å². The summed E-state index contributed by atoms with van der Waals surface area (Å²) in [5, 5.41) is 0. The van der Waals surface area contributed by atoms with E-state index in [9.17, 15) is 0 Å². The first-order chi connectivity index (χ1) is 3.18. The van der Waals surface area contributed by atoms with E-state index >= 15 is 0 Å². The van der Waals surface area contributed by atoms with Crippen molar-refractivity contribution < 1.29 is 0 Å². The Labute approximate surface area is 47.2 Å². The average molecular weight is 117 g/mol. The maximum Gasteiger partial charge on any atom is 0.121 e. The van der Waals surface area contributed by atoms with Gasteiger partial charge in [0.25, 0.3) is 0 Å². The van der Waals surface area contributed by atoms with Gasteiger partial charge in [-0.1, -0.05) is 12.2 Å². The smallest absolute Gasteiger partial charge is 0.121 e. The molecular weight excluding hydrogens is 110 g/mol. The Hall–Kier alpha value is -0.770. The predicted octanol–water partition coefficient (Wildman–Crippen LogP) is -0.969. The van der Waals surface area contributed by atoms with E-state index in [0.717, 1.165) is 0 Å². The largest absolute Gasteiger partial charge is 0.403 e. The van der Waals surface area contributed by atoms with Gasteiger partial charge in [0.05, 0.1) is 5.70 Å². The zero-order valence-electron chi connectivity index (χ0n) is 3.72. The summed E-state index contributed by atoms with van der Waals surface area (Å²) in [5.74, 6) is 0. The lowest BCUT2D eigenvalue weighted by Gasteiger charge is -1.90. The quantitative estimate of drug-likeness (QED) is 0.305. The first-order valence-corrected chi connectivity index (χ1v) is 2.06. The molecule has 0 aromatic carbocycles. The summed E-state index contributed by atoms with van der Waals surface area (Å²) in [6.45, 7) is 0. The van der Waals surface area contributed by atoms with Crippen LogP contribution in [0.1, 0.15) is 0 Å². The summed E-state index contributed by atoms with van der Waals surface area (Å²) >= 11 is 4.42. The lowest BCUT2D eigenvalue weighted by atomic mass is 10.5. The summed E-state index contributed by atoms with van der Waals surface area (Å²) in [6.07, 6.45) is 1.17. The zero-order chi connectivity index (χ0) is 5.86. The Kier molecular flexibility index (Phi) is 2.15. The molecule has 0 spiro atoms. The van der Waals surface area contributed by atoms with Gasteiger partial charge in [0, 0.05) is 6.20 Å². The molecule has 0 fully saturated rings. The molecule has 0 aliphatic rings. The third-order valence-corrected chi connectivity index (χ3v) is 0.700. The first-order valence-electron chi connectivity index (χ1n) is 1.65. The van der Waals surface area contributed by atoms with Crippen molar-refractivity contribution in [2.75, 3.05) is 0 Å². The minimum absolute atomic E-state index is 0.141. The number of thiocarbonyl (C=S) groups is 1. The van der Waals surface area contributed by atoms with Crippen LogP contribution in [0.2, 0.25) is 0 Å². The zero-order valence-corrected chi connectivity index (χ0v) is 4.53. The van der Waals surface area contributed by atoms with Crippen LogP contribution in [0, 0.1) is 0 Å². The molecule has 0 aromatic heterocycles. The molecule has 0 aliphatic heterocycles. The van der Waals surface area contributed by atoms with Crippen LogP contribution in [0.4, 0.5) is 0 Å².